The first-order valence-electron chi connectivity index (χ1n) is 12.1. The Morgan fingerprint density at radius 3 is 2.44 bits per heavy atom. The van der Waals surface area contributed by atoms with Crippen molar-refractivity contribution >= 4 is 17.7 Å². The van der Waals surface area contributed by atoms with Crippen LogP contribution in [0.1, 0.15) is 61.7 Å². The number of piperidine rings is 1. The summed E-state index contributed by atoms with van der Waals surface area (Å²) in [6.45, 7) is 2.70. The van der Waals surface area contributed by atoms with Crippen molar-refractivity contribution in [3.05, 3.63) is 29.8 Å². The fraction of sp³-hybridized carbons (Fsp3) is 0.640. The van der Waals surface area contributed by atoms with Crippen LogP contribution in [0.25, 0.3) is 0 Å². The predicted octanol–water partition coefficient (Wildman–Crippen LogP) is 2.85. The van der Waals surface area contributed by atoms with Gasteiger partial charge in [0, 0.05) is 32.6 Å². The molecule has 1 saturated heterocycles. The van der Waals surface area contributed by atoms with Crippen LogP contribution in [0.2, 0.25) is 0 Å². The topological polar surface area (TPSA) is 79.0 Å². The highest BCUT2D eigenvalue weighted by Gasteiger charge is 2.41. The summed E-state index contributed by atoms with van der Waals surface area (Å²) >= 11 is 0. The number of rotatable bonds is 2. The zero-order chi connectivity index (χ0) is 22.6. The van der Waals surface area contributed by atoms with E-state index in [4.69, 9.17) is 4.74 Å². The number of carbonyl (C=O) groups is 3. The van der Waals surface area contributed by atoms with Crippen molar-refractivity contribution in [2.75, 3.05) is 39.8 Å². The number of hydrogen-bond acceptors (Lipinski definition) is 4. The Morgan fingerprint density at radius 2 is 1.75 bits per heavy atom. The van der Waals surface area contributed by atoms with E-state index in [9.17, 15) is 14.4 Å². The number of amides is 3. The Balaban J connectivity index is 1.57. The molecule has 5 rings (SSSR count). The minimum Gasteiger partial charge on any atom is -0.491 e. The quantitative estimate of drug-likeness (QED) is 0.766. The summed E-state index contributed by atoms with van der Waals surface area (Å²) in [6.07, 6.45) is 6.94. The molecule has 2 fully saturated rings. The van der Waals surface area contributed by atoms with Crippen molar-refractivity contribution in [1.29, 1.82) is 0 Å². The molecule has 2 bridgehead atoms. The third kappa shape index (κ3) is 4.62. The molecule has 1 N–H and O–H groups in total. The van der Waals surface area contributed by atoms with E-state index < -0.39 is 5.41 Å². The molecule has 3 amide bonds. The normalized spacial score (nSPS) is 22.1. The minimum atomic E-state index is -0.440. The van der Waals surface area contributed by atoms with Crippen molar-refractivity contribution < 1.29 is 19.1 Å². The molecule has 0 aromatic heterocycles. The molecule has 0 radical (unpaired) electrons. The molecule has 3 aliphatic heterocycles. The van der Waals surface area contributed by atoms with Crippen LogP contribution in [0.4, 0.5) is 0 Å². The summed E-state index contributed by atoms with van der Waals surface area (Å²) in [5.41, 5.74) is 0.108. The maximum atomic E-state index is 13.3. The maximum Gasteiger partial charge on any atom is 0.257 e. The van der Waals surface area contributed by atoms with Crippen LogP contribution < -0.4 is 10.1 Å². The maximum absolute atomic E-state index is 13.3. The Kier molecular flexibility index (Phi) is 7.01. The second kappa shape index (κ2) is 9.92. The van der Waals surface area contributed by atoms with Gasteiger partial charge in [-0.15, -0.1) is 0 Å². The average molecular weight is 442 g/mol. The lowest BCUT2D eigenvalue weighted by Gasteiger charge is -2.40. The summed E-state index contributed by atoms with van der Waals surface area (Å²) in [4.78, 5) is 42.8. The molecular formula is C25H35N3O4. The molecule has 1 aromatic rings. The number of ether oxygens (including phenoxy) is 1. The molecule has 1 aliphatic carbocycles. The van der Waals surface area contributed by atoms with Crippen LogP contribution in [0.5, 0.6) is 5.75 Å². The van der Waals surface area contributed by atoms with E-state index in [1.807, 2.05) is 28.0 Å². The van der Waals surface area contributed by atoms with Crippen LogP contribution in [0.3, 0.4) is 0 Å². The molecule has 4 aliphatic rings. The molecule has 174 valence electrons. The zero-order valence-corrected chi connectivity index (χ0v) is 19.1. The largest absolute Gasteiger partial charge is 0.491 e. The number of hydrogen-bond donors (Lipinski definition) is 1. The summed E-state index contributed by atoms with van der Waals surface area (Å²) in [5.74, 6) is 0.947. The molecule has 1 aromatic carbocycles. The smallest absolute Gasteiger partial charge is 0.257 e. The van der Waals surface area contributed by atoms with Gasteiger partial charge < -0.3 is 19.9 Å². The fourth-order valence-corrected chi connectivity index (χ4v) is 5.21. The van der Waals surface area contributed by atoms with Crippen LogP contribution in [-0.2, 0) is 9.59 Å². The van der Waals surface area contributed by atoms with Gasteiger partial charge in [0.2, 0.25) is 11.8 Å². The Morgan fingerprint density at radius 1 is 1.00 bits per heavy atom. The standard InChI is InChI=1S/C25H35N3O4/c1-26-24(31)25-11-4-5-14-27(22(29)19-7-6-8-19)17-18-32-21-10-3-2-9-20(21)23(30)28(15-12-25)16-13-25/h2-3,9-10,19H,4-8,11-18H2,1H3,(H,26,31). The summed E-state index contributed by atoms with van der Waals surface area (Å²) in [6, 6.07) is 7.33. The van der Waals surface area contributed by atoms with Crippen LogP contribution in [0.15, 0.2) is 24.3 Å². The van der Waals surface area contributed by atoms with Gasteiger partial charge in [0.15, 0.2) is 0 Å². The number of nitrogens with one attached hydrogen (secondary N) is 1. The molecule has 0 atom stereocenters. The van der Waals surface area contributed by atoms with Gasteiger partial charge in [0.1, 0.15) is 12.4 Å². The lowest BCUT2D eigenvalue weighted by Crippen LogP contribution is -2.49. The van der Waals surface area contributed by atoms with Gasteiger partial charge in [-0.3, -0.25) is 14.4 Å². The van der Waals surface area contributed by atoms with Crippen molar-refractivity contribution in [3.63, 3.8) is 0 Å². The zero-order valence-electron chi connectivity index (χ0n) is 19.1. The molecule has 1 saturated carbocycles. The number of fused-ring (bicyclic) bond motifs is 9. The summed E-state index contributed by atoms with van der Waals surface area (Å²) < 4.78 is 6.02. The van der Waals surface area contributed by atoms with Gasteiger partial charge in [-0.25, -0.2) is 0 Å². The van der Waals surface area contributed by atoms with Gasteiger partial charge in [-0.2, -0.15) is 0 Å². The molecular weight excluding hydrogens is 406 g/mol. The highest BCUT2D eigenvalue weighted by atomic mass is 16.5. The van der Waals surface area contributed by atoms with Gasteiger partial charge in [-0.1, -0.05) is 25.0 Å². The third-order valence-corrected chi connectivity index (χ3v) is 7.55. The van der Waals surface area contributed by atoms with Crippen LogP contribution in [0, 0.1) is 11.3 Å². The molecule has 0 unspecified atom stereocenters. The molecule has 7 nitrogen and oxygen atoms in total. The van der Waals surface area contributed by atoms with E-state index in [2.05, 4.69) is 5.32 Å². The van der Waals surface area contributed by atoms with E-state index >= 15 is 0 Å². The fourth-order valence-electron chi connectivity index (χ4n) is 5.21. The van der Waals surface area contributed by atoms with Crippen molar-refractivity contribution in [1.82, 2.24) is 15.1 Å². The second-order valence-electron chi connectivity index (χ2n) is 9.41. The highest BCUT2D eigenvalue weighted by Crippen LogP contribution is 2.38. The molecule has 7 heteroatoms. The minimum absolute atomic E-state index is 0.0524. The first-order valence-corrected chi connectivity index (χ1v) is 12.1. The van der Waals surface area contributed by atoms with E-state index in [1.54, 1.807) is 13.1 Å². The van der Waals surface area contributed by atoms with E-state index in [-0.39, 0.29) is 23.6 Å². The second-order valence-corrected chi connectivity index (χ2v) is 9.41. The van der Waals surface area contributed by atoms with Gasteiger partial charge in [0.05, 0.1) is 17.5 Å². The summed E-state index contributed by atoms with van der Waals surface area (Å²) in [5, 5.41) is 2.85. The highest BCUT2D eigenvalue weighted by molar-refractivity contribution is 5.97. The Hall–Kier alpha value is -2.57. The average Bonchev–Trinajstić information content (AvgIpc) is 2.79. The number of benzene rings is 1. The van der Waals surface area contributed by atoms with Gasteiger partial charge >= 0.3 is 0 Å². The van der Waals surface area contributed by atoms with Crippen LogP contribution in [-0.4, -0.2) is 67.4 Å². The van der Waals surface area contributed by atoms with E-state index in [0.717, 1.165) is 38.5 Å². The first kappa shape index (κ1) is 22.6. The lowest BCUT2D eigenvalue weighted by atomic mass is 9.73. The molecule has 0 spiro atoms. The van der Waals surface area contributed by atoms with Gasteiger partial charge in [-0.05, 0) is 50.7 Å². The van der Waals surface area contributed by atoms with Crippen molar-refractivity contribution in [2.45, 2.75) is 51.4 Å². The Bertz CT molecular complexity index is 843. The molecule has 3 heterocycles. The SMILES string of the molecule is CNC(=O)C12CCCCN(C(=O)C3CCC3)CCOc3ccccc3C(=O)N(CC1)CC2. The Labute approximate surface area is 190 Å². The number of carbonyl (C=O) groups excluding carboxylic acids is 3. The van der Waals surface area contributed by atoms with E-state index in [1.165, 1.54) is 0 Å². The van der Waals surface area contributed by atoms with Crippen LogP contribution >= 0.6 is 0 Å². The van der Waals surface area contributed by atoms with Gasteiger partial charge in [0.25, 0.3) is 5.91 Å². The van der Waals surface area contributed by atoms with E-state index in [0.29, 0.717) is 56.9 Å². The monoisotopic (exact) mass is 441 g/mol. The third-order valence-electron chi connectivity index (χ3n) is 7.55. The number of para-hydroxylation sites is 1. The first-order chi connectivity index (χ1) is 15.5. The predicted molar refractivity (Wildman–Crippen MR) is 121 cm³/mol. The molecule has 32 heavy (non-hydrogen) atoms. The van der Waals surface area contributed by atoms with Crippen molar-refractivity contribution in [3.8, 4) is 5.75 Å². The number of nitrogens with zero attached hydrogens (tertiary/aromatic N) is 2. The van der Waals surface area contributed by atoms with Crippen molar-refractivity contribution in [2.24, 2.45) is 11.3 Å². The lowest BCUT2D eigenvalue weighted by molar-refractivity contribution is -0.139. The summed E-state index contributed by atoms with van der Waals surface area (Å²) in [7, 11) is 1.69.